The van der Waals surface area contributed by atoms with E-state index in [1.165, 1.54) is 6.92 Å². The Labute approximate surface area is 142 Å². The molecule has 0 saturated heterocycles. The highest BCUT2D eigenvalue weighted by Gasteiger charge is 2.12. The zero-order chi connectivity index (χ0) is 17.5. The number of carbonyl (C=O) groups is 2. The number of benzene rings is 2. The number of rotatable bonds is 6. The number of hydrogen-bond donors (Lipinski definition) is 1. The minimum absolute atomic E-state index is 0.0562. The van der Waals surface area contributed by atoms with E-state index < -0.39 is 0 Å². The SMILES string of the molecule is COc1ccccc1CCN(C)C(=O)c1ccc(NC(C)=O)cc1. The van der Waals surface area contributed by atoms with E-state index in [4.69, 9.17) is 4.74 Å². The Morgan fingerprint density at radius 3 is 2.38 bits per heavy atom. The van der Waals surface area contributed by atoms with Crippen LogP contribution in [0.3, 0.4) is 0 Å². The Morgan fingerprint density at radius 1 is 1.08 bits per heavy atom. The molecule has 0 aliphatic carbocycles. The molecule has 2 amide bonds. The molecule has 0 spiro atoms. The first-order valence-electron chi connectivity index (χ1n) is 7.76. The Balaban J connectivity index is 1.97. The molecular formula is C19H22N2O3. The molecule has 0 aliphatic rings. The first kappa shape index (κ1) is 17.5. The Bertz CT molecular complexity index is 711. The number of methoxy groups -OCH3 is 1. The van der Waals surface area contributed by atoms with Gasteiger partial charge in [-0.25, -0.2) is 0 Å². The molecule has 2 aromatic rings. The highest BCUT2D eigenvalue weighted by molar-refractivity contribution is 5.95. The molecule has 126 valence electrons. The van der Waals surface area contributed by atoms with Gasteiger partial charge in [-0.3, -0.25) is 9.59 Å². The van der Waals surface area contributed by atoms with Gasteiger partial charge in [0.15, 0.2) is 0 Å². The van der Waals surface area contributed by atoms with E-state index in [0.717, 1.165) is 17.7 Å². The Hall–Kier alpha value is -2.82. The molecular weight excluding hydrogens is 304 g/mol. The van der Waals surface area contributed by atoms with Crippen molar-refractivity contribution in [2.24, 2.45) is 0 Å². The summed E-state index contributed by atoms with van der Waals surface area (Å²) in [5, 5.41) is 2.68. The Morgan fingerprint density at radius 2 is 1.75 bits per heavy atom. The van der Waals surface area contributed by atoms with Crippen molar-refractivity contribution in [2.75, 3.05) is 26.0 Å². The van der Waals surface area contributed by atoms with Gasteiger partial charge < -0.3 is 15.0 Å². The number of para-hydroxylation sites is 1. The van der Waals surface area contributed by atoms with E-state index in [1.807, 2.05) is 24.3 Å². The van der Waals surface area contributed by atoms with Gasteiger partial charge in [-0.2, -0.15) is 0 Å². The van der Waals surface area contributed by atoms with Crippen LogP contribution in [0.1, 0.15) is 22.8 Å². The summed E-state index contributed by atoms with van der Waals surface area (Å²) < 4.78 is 5.33. The molecule has 0 aliphatic heterocycles. The summed E-state index contributed by atoms with van der Waals surface area (Å²) >= 11 is 0. The highest BCUT2D eigenvalue weighted by Crippen LogP contribution is 2.18. The zero-order valence-electron chi connectivity index (χ0n) is 14.2. The molecule has 0 fully saturated rings. The highest BCUT2D eigenvalue weighted by atomic mass is 16.5. The van der Waals surface area contributed by atoms with Crippen LogP contribution in [0.2, 0.25) is 0 Å². The molecule has 0 bridgehead atoms. The molecule has 0 atom stereocenters. The topological polar surface area (TPSA) is 58.6 Å². The van der Waals surface area contributed by atoms with Crippen LogP contribution in [0, 0.1) is 0 Å². The predicted molar refractivity (Wildman–Crippen MR) is 94.4 cm³/mol. The number of hydrogen-bond acceptors (Lipinski definition) is 3. The number of carbonyl (C=O) groups excluding carboxylic acids is 2. The monoisotopic (exact) mass is 326 g/mol. The van der Waals surface area contributed by atoms with Crippen LogP contribution in [0.4, 0.5) is 5.69 Å². The van der Waals surface area contributed by atoms with Crippen molar-refractivity contribution in [3.05, 3.63) is 59.7 Å². The third-order valence-electron chi connectivity index (χ3n) is 3.71. The van der Waals surface area contributed by atoms with E-state index in [-0.39, 0.29) is 11.8 Å². The largest absolute Gasteiger partial charge is 0.496 e. The van der Waals surface area contributed by atoms with Gasteiger partial charge in [-0.15, -0.1) is 0 Å². The van der Waals surface area contributed by atoms with Gasteiger partial charge in [0.2, 0.25) is 5.91 Å². The van der Waals surface area contributed by atoms with Crippen molar-refractivity contribution in [3.8, 4) is 5.75 Å². The molecule has 5 heteroatoms. The fourth-order valence-corrected chi connectivity index (χ4v) is 2.42. The molecule has 24 heavy (non-hydrogen) atoms. The molecule has 0 unspecified atom stereocenters. The van der Waals surface area contributed by atoms with Crippen molar-refractivity contribution in [1.82, 2.24) is 4.90 Å². The average molecular weight is 326 g/mol. The van der Waals surface area contributed by atoms with E-state index in [9.17, 15) is 9.59 Å². The second-order valence-corrected chi connectivity index (χ2v) is 5.55. The number of nitrogens with zero attached hydrogens (tertiary/aromatic N) is 1. The molecule has 2 rings (SSSR count). The van der Waals surface area contributed by atoms with Gasteiger partial charge in [0.05, 0.1) is 7.11 Å². The standard InChI is InChI=1S/C19H22N2O3/c1-14(22)20-17-10-8-16(9-11-17)19(23)21(2)13-12-15-6-4-5-7-18(15)24-3/h4-11H,12-13H2,1-3H3,(H,20,22). The van der Waals surface area contributed by atoms with Crippen LogP contribution in [0.25, 0.3) is 0 Å². The maximum absolute atomic E-state index is 12.5. The van der Waals surface area contributed by atoms with Crippen LogP contribution in [-0.2, 0) is 11.2 Å². The van der Waals surface area contributed by atoms with Crippen molar-refractivity contribution in [1.29, 1.82) is 0 Å². The van der Waals surface area contributed by atoms with Gasteiger partial charge >= 0.3 is 0 Å². The van der Waals surface area contributed by atoms with Crippen molar-refractivity contribution in [2.45, 2.75) is 13.3 Å². The first-order chi connectivity index (χ1) is 11.5. The lowest BCUT2D eigenvalue weighted by atomic mass is 10.1. The summed E-state index contributed by atoms with van der Waals surface area (Å²) in [4.78, 5) is 25.2. The summed E-state index contributed by atoms with van der Waals surface area (Å²) in [7, 11) is 3.42. The summed E-state index contributed by atoms with van der Waals surface area (Å²) in [5.74, 6) is 0.639. The van der Waals surface area contributed by atoms with E-state index >= 15 is 0 Å². The lowest BCUT2D eigenvalue weighted by molar-refractivity contribution is -0.114. The van der Waals surface area contributed by atoms with Crippen LogP contribution in [0.5, 0.6) is 5.75 Å². The minimum Gasteiger partial charge on any atom is -0.496 e. The van der Waals surface area contributed by atoms with Crippen molar-refractivity contribution in [3.63, 3.8) is 0 Å². The van der Waals surface area contributed by atoms with Gasteiger partial charge in [0, 0.05) is 31.8 Å². The molecule has 0 aromatic heterocycles. The van der Waals surface area contributed by atoms with Crippen LogP contribution in [0.15, 0.2) is 48.5 Å². The van der Waals surface area contributed by atoms with Gasteiger partial charge in [0.1, 0.15) is 5.75 Å². The van der Waals surface area contributed by atoms with E-state index in [1.54, 1.807) is 43.3 Å². The molecule has 2 aromatic carbocycles. The summed E-state index contributed by atoms with van der Waals surface area (Å²) in [6.45, 7) is 2.04. The predicted octanol–water partition coefficient (Wildman–Crippen LogP) is 2.97. The summed E-state index contributed by atoms with van der Waals surface area (Å²) in [5.41, 5.74) is 2.34. The molecule has 0 saturated carbocycles. The summed E-state index contributed by atoms with van der Waals surface area (Å²) in [6, 6.07) is 14.7. The molecule has 5 nitrogen and oxygen atoms in total. The molecule has 0 radical (unpaired) electrons. The van der Waals surface area contributed by atoms with Crippen LogP contribution >= 0.6 is 0 Å². The number of likely N-dealkylation sites (N-methyl/N-ethyl adjacent to an activating group) is 1. The lowest BCUT2D eigenvalue weighted by Gasteiger charge is -2.18. The number of ether oxygens (including phenoxy) is 1. The van der Waals surface area contributed by atoms with E-state index in [0.29, 0.717) is 17.8 Å². The molecule has 0 heterocycles. The zero-order valence-corrected chi connectivity index (χ0v) is 14.2. The smallest absolute Gasteiger partial charge is 0.253 e. The van der Waals surface area contributed by atoms with Crippen LogP contribution < -0.4 is 10.1 Å². The second-order valence-electron chi connectivity index (χ2n) is 5.55. The minimum atomic E-state index is -0.136. The lowest BCUT2D eigenvalue weighted by Crippen LogP contribution is -2.28. The van der Waals surface area contributed by atoms with Gasteiger partial charge in [-0.05, 0) is 42.3 Å². The third kappa shape index (κ3) is 4.59. The normalized spacial score (nSPS) is 10.1. The number of nitrogens with one attached hydrogen (secondary N) is 1. The maximum atomic E-state index is 12.5. The average Bonchev–Trinajstić information content (AvgIpc) is 2.59. The maximum Gasteiger partial charge on any atom is 0.253 e. The van der Waals surface area contributed by atoms with Crippen molar-refractivity contribution >= 4 is 17.5 Å². The summed E-state index contributed by atoms with van der Waals surface area (Å²) in [6.07, 6.45) is 0.718. The Kier molecular flexibility index (Phi) is 5.95. The van der Waals surface area contributed by atoms with E-state index in [2.05, 4.69) is 5.32 Å². The van der Waals surface area contributed by atoms with Gasteiger partial charge in [0.25, 0.3) is 5.91 Å². The fourth-order valence-electron chi connectivity index (χ4n) is 2.42. The van der Waals surface area contributed by atoms with Crippen LogP contribution in [-0.4, -0.2) is 37.4 Å². The van der Waals surface area contributed by atoms with Crippen molar-refractivity contribution < 1.29 is 14.3 Å². The quantitative estimate of drug-likeness (QED) is 0.888. The number of anilines is 1. The fraction of sp³-hybridized carbons (Fsp3) is 0.263. The molecule has 1 N–H and O–H groups in total. The first-order valence-corrected chi connectivity index (χ1v) is 7.76. The van der Waals surface area contributed by atoms with Gasteiger partial charge in [-0.1, -0.05) is 18.2 Å². The third-order valence-corrected chi connectivity index (χ3v) is 3.71. The second kappa shape index (κ2) is 8.15. The number of amides is 2.